The Hall–Kier alpha value is -1.91. The summed E-state index contributed by atoms with van der Waals surface area (Å²) in [5.41, 5.74) is 4.53. The van der Waals surface area contributed by atoms with Crippen molar-refractivity contribution in [2.45, 2.75) is 40.2 Å². The molecule has 0 spiro atoms. The molecule has 0 fully saturated rings. The van der Waals surface area contributed by atoms with E-state index >= 15 is 0 Å². The zero-order valence-corrected chi connectivity index (χ0v) is 17.3. The van der Waals surface area contributed by atoms with E-state index < -0.39 is 0 Å². The predicted octanol–water partition coefficient (Wildman–Crippen LogP) is 5.08. The maximum absolute atomic E-state index is 6.45. The maximum Gasteiger partial charge on any atom is 0.161 e. The Labute approximate surface area is 166 Å². The number of aryl methyl sites for hydroxylation is 1. The SMILES string of the molecule is CCOc1cc2c(cc1OCC)C(c1cc(Cl)c(C)cc1OCC)NCC2. The molecule has 146 valence electrons. The lowest BCUT2D eigenvalue weighted by molar-refractivity contribution is 0.286. The first kappa shape index (κ1) is 19.8. The molecule has 1 N–H and O–H groups in total. The predicted molar refractivity (Wildman–Crippen MR) is 110 cm³/mol. The number of ether oxygens (including phenoxy) is 3. The van der Waals surface area contributed by atoms with Gasteiger partial charge in [0.15, 0.2) is 11.5 Å². The summed E-state index contributed by atoms with van der Waals surface area (Å²) in [5.74, 6) is 2.46. The molecule has 0 amide bonds. The molecular formula is C22H28ClNO3. The number of hydrogen-bond donors (Lipinski definition) is 1. The lowest BCUT2D eigenvalue weighted by atomic mass is 9.88. The van der Waals surface area contributed by atoms with Gasteiger partial charge in [0.2, 0.25) is 0 Å². The smallest absolute Gasteiger partial charge is 0.161 e. The number of nitrogens with one attached hydrogen (secondary N) is 1. The largest absolute Gasteiger partial charge is 0.494 e. The van der Waals surface area contributed by atoms with Crippen molar-refractivity contribution in [3.63, 3.8) is 0 Å². The fourth-order valence-electron chi connectivity index (χ4n) is 3.55. The zero-order chi connectivity index (χ0) is 19.4. The van der Waals surface area contributed by atoms with Gasteiger partial charge >= 0.3 is 0 Å². The fraction of sp³-hybridized carbons (Fsp3) is 0.455. The van der Waals surface area contributed by atoms with E-state index in [0.717, 1.165) is 46.4 Å². The van der Waals surface area contributed by atoms with E-state index in [2.05, 4.69) is 17.4 Å². The van der Waals surface area contributed by atoms with Crippen molar-refractivity contribution < 1.29 is 14.2 Å². The monoisotopic (exact) mass is 389 g/mol. The Morgan fingerprint density at radius 2 is 1.52 bits per heavy atom. The van der Waals surface area contributed by atoms with E-state index in [1.54, 1.807) is 0 Å². The van der Waals surface area contributed by atoms with Crippen LogP contribution in [0.3, 0.4) is 0 Å². The van der Waals surface area contributed by atoms with Gasteiger partial charge in [0, 0.05) is 17.1 Å². The van der Waals surface area contributed by atoms with Gasteiger partial charge in [-0.2, -0.15) is 0 Å². The van der Waals surface area contributed by atoms with E-state index in [1.165, 1.54) is 11.1 Å². The molecular weight excluding hydrogens is 362 g/mol. The minimum Gasteiger partial charge on any atom is -0.494 e. The van der Waals surface area contributed by atoms with Crippen LogP contribution in [0.1, 0.15) is 49.1 Å². The highest BCUT2D eigenvalue weighted by Crippen LogP contribution is 2.41. The van der Waals surface area contributed by atoms with Crippen molar-refractivity contribution in [3.05, 3.63) is 51.5 Å². The van der Waals surface area contributed by atoms with Crippen LogP contribution in [-0.2, 0) is 6.42 Å². The number of hydrogen-bond acceptors (Lipinski definition) is 4. The first-order valence-electron chi connectivity index (χ1n) is 9.67. The molecule has 0 aromatic heterocycles. The average molecular weight is 390 g/mol. The minimum absolute atomic E-state index is 0.00304. The van der Waals surface area contributed by atoms with E-state index in [4.69, 9.17) is 25.8 Å². The second-order valence-electron chi connectivity index (χ2n) is 6.57. The Morgan fingerprint density at radius 3 is 2.19 bits per heavy atom. The summed E-state index contributed by atoms with van der Waals surface area (Å²) in [7, 11) is 0. The van der Waals surface area contributed by atoms with E-state index in [0.29, 0.717) is 19.8 Å². The molecule has 0 saturated carbocycles. The van der Waals surface area contributed by atoms with Gasteiger partial charge in [-0.3, -0.25) is 0 Å². The van der Waals surface area contributed by atoms with Gasteiger partial charge in [-0.25, -0.2) is 0 Å². The molecule has 3 rings (SSSR count). The van der Waals surface area contributed by atoms with Gasteiger partial charge in [0.05, 0.1) is 25.9 Å². The lowest BCUT2D eigenvalue weighted by Crippen LogP contribution is -2.31. The Morgan fingerprint density at radius 1 is 0.889 bits per heavy atom. The quantitative estimate of drug-likeness (QED) is 0.716. The molecule has 0 saturated heterocycles. The second-order valence-corrected chi connectivity index (χ2v) is 6.98. The molecule has 2 aromatic carbocycles. The Bertz CT molecular complexity index is 807. The van der Waals surface area contributed by atoms with Gasteiger partial charge < -0.3 is 19.5 Å². The van der Waals surface area contributed by atoms with E-state index in [1.807, 2.05) is 39.8 Å². The standard InChI is InChI=1S/C22H28ClNO3/c1-5-25-19-10-14(4)18(23)12-17(19)22-16-13-21(27-7-3)20(26-6-2)11-15(16)8-9-24-22/h10-13,22,24H,5-9H2,1-4H3. The Balaban J connectivity index is 2.11. The highest BCUT2D eigenvalue weighted by atomic mass is 35.5. The van der Waals surface area contributed by atoms with Crippen molar-refractivity contribution in [2.24, 2.45) is 0 Å². The van der Waals surface area contributed by atoms with Crippen LogP contribution < -0.4 is 19.5 Å². The summed E-state index contributed by atoms with van der Waals surface area (Å²) in [4.78, 5) is 0. The van der Waals surface area contributed by atoms with Crippen LogP contribution in [0.2, 0.25) is 5.02 Å². The summed E-state index contributed by atoms with van der Waals surface area (Å²) < 4.78 is 17.6. The van der Waals surface area contributed by atoms with Crippen LogP contribution in [-0.4, -0.2) is 26.4 Å². The maximum atomic E-state index is 6.45. The van der Waals surface area contributed by atoms with Crippen LogP contribution in [0.25, 0.3) is 0 Å². The molecule has 0 aliphatic carbocycles. The summed E-state index contributed by atoms with van der Waals surface area (Å²) in [6, 6.07) is 8.27. The third-order valence-electron chi connectivity index (χ3n) is 4.76. The Kier molecular flexibility index (Phi) is 6.51. The second kappa shape index (κ2) is 8.85. The van der Waals surface area contributed by atoms with Gasteiger partial charge in [0.25, 0.3) is 0 Å². The molecule has 5 heteroatoms. The molecule has 27 heavy (non-hydrogen) atoms. The number of benzene rings is 2. The van der Waals surface area contributed by atoms with Crippen LogP contribution >= 0.6 is 11.6 Å². The number of rotatable bonds is 7. The van der Waals surface area contributed by atoms with Crippen molar-refractivity contribution in [1.29, 1.82) is 0 Å². The van der Waals surface area contributed by atoms with Crippen LogP contribution in [0.15, 0.2) is 24.3 Å². The fourth-order valence-corrected chi connectivity index (χ4v) is 3.73. The summed E-state index contributed by atoms with van der Waals surface area (Å²) in [6.45, 7) is 10.7. The van der Waals surface area contributed by atoms with Crippen molar-refractivity contribution in [2.75, 3.05) is 26.4 Å². The molecule has 1 unspecified atom stereocenters. The van der Waals surface area contributed by atoms with Crippen molar-refractivity contribution in [3.8, 4) is 17.2 Å². The topological polar surface area (TPSA) is 39.7 Å². The first-order chi connectivity index (χ1) is 13.1. The molecule has 2 aromatic rings. The van der Waals surface area contributed by atoms with E-state index in [-0.39, 0.29) is 6.04 Å². The molecule has 1 heterocycles. The van der Waals surface area contributed by atoms with Gasteiger partial charge in [0.1, 0.15) is 5.75 Å². The molecule has 1 atom stereocenters. The molecule has 1 aliphatic rings. The minimum atomic E-state index is 0.00304. The molecule has 0 bridgehead atoms. The highest BCUT2D eigenvalue weighted by Gasteiger charge is 2.27. The van der Waals surface area contributed by atoms with Gasteiger partial charge in [-0.1, -0.05) is 11.6 Å². The molecule has 1 aliphatic heterocycles. The van der Waals surface area contributed by atoms with Gasteiger partial charge in [-0.05, 0) is 75.1 Å². The first-order valence-corrected chi connectivity index (χ1v) is 10.0. The lowest BCUT2D eigenvalue weighted by Gasteiger charge is -2.30. The normalized spacial score (nSPS) is 16.0. The summed E-state index contributed by atoms with van der Waals surface area (Å²) >= 11 is 6.45. The zero-order valence-electron chi connectivity index (χ0n) is 16.5. The third-order valence-corrected chi connectivity index (χ3v) is 5.17. The molecule has 0 radical (unpaired) electrons. The summed E-state index contributed by atoms with van der Waals surface area (Å²) in [5, 5.41) is 4.37. The third kappa shape index (κ3) is 4.17. The van der Waals surface area contributed by atoms with Crippen LogP contribution in [0, 0.1) is 6.92 Å². The van der Waals surface area contributed by atoms with E-state index in [9.17, 15) is 0 Å². The van der Waals surface area contributed by atoms with Crippen molar-refractivity contribution in [1.82, 2.24) is 5.32 Å². The van der Waals surface area contributed by atoms with Gasteiger partial charge in [-0.15, -0.1) is 0 Å². The summed E-state index contributed by atoms with van der Waals surface area (Å²) in [6.07, 6.45) is 0.946. The highest BCUT2D eigenvalue weighted by molar-refractivity contribution is 6.31. The average Bonchev–Trinajstić information content (AvgIpc) is 2.65. The van der Waals surface area contributed by atoms with Crippen LogP contribution in [0.4, 0.5) is 0 Å². The number of halogens is 1. The number of fused-ring (bicyclic) bond motifs is 1. The van der Waals surface area contributed by atoms with Crippen molar-refractivity contribution >= 4 is 11.6 Å². The molecule has 4 nitrogen and oxygen atoms in total. The van der Waals surface area contributed by atoms with Crippen LogP contribution in [0.5, 0.6) is 17.2 Å².